The molecular formula is C26H30N8O5S2. The monoisotopic (exact) mass is 598 g/mol. The largest absolute Gasteiger partial charge is 0.310 e. The van der Waals surface area contributed by atoms with E-state index in [0.717, 1.165) is 30.4 Å². The average molecular weight is 599 g/mol. The number of nitrogens with one attached hydrogen (secondary N) is 2. The molecule has 2 N–H and O–H groups in total. The van der Waals surface area contributed by atoms with Gasteiger partial charge in [0.05, 0.1) is 29.1 Å². The lowest BCUT2D eigenvalue weighted by Crippen LogP contribution is -2.51. The summed E-state index contributed by atoms with van der Waals surface area (Å²) in [5.41, 5.74) is 1.10. The van der Waals surface area contributed by atoms with Crippen molar-refractivity contribution in [2.75, 3.05) is 29.4 Å². The van der Waals surface area contributed by atoms with Crippen LogP contribution in [0.4, 0.5) is 11.6 Å². The van der Waals surface area contributed by atoms with Gasteiger partial charge in [0.1, 0.15) is 22.9 Å². The quantitative estimate of drug-likeness (QED) is 0.370. The van der Waals surface area contributed by atoms with Crippen LogP contribution in [0.2, 0.25) is 0 Å². The Morgan fingerprint density at radius 2 is 1.68 bits per heavy atom. The molecule has 1 saturated heterocycles. The molecule has 3 aromatic heterocycles. The van der Waals surface area contributed by atoms with Crippen molar-refractivity contribution >= 4 is 37.6 Å². The van der Waals surface area contributed by atoms with Crippen molar-refractivity contribution in [1.29, 1.82) is 0 Å². The highest BCUT2D eigenvalue weighted by Crippen LogP contribution is 2.39. The number of sulfonamides is 2. The Hall–Kier alpha value is -3.56. The number of hydrogen-bond acceptors (Lipinski definition) is 10. The summed E-state index contributed by atoms with van der Waals surface area (Å²) >= 11 is 0. The molecule has 13 nitrogen and oxygen atoms in total. The fourth-order valence-corrected chi connectivity index (χ4v) is 7.13. The second-order valence-electron chi connectivity index (χ2n) is 10.8. The number of carbonyl (C=O) groups is 1. The van der Waals surface area contributed by atoms with E-state index in [1.165, 1.54) is 16.6 Å². The molecule has 0 bridgehead atoms. The first kappa shape index (κ1) is 27.6. The number of aromatic nitrogens is 5. The summed E-state index contributed by atoms with van der Waals surface area (Å²) in [5, 5.41) is 2.39. The van der Waals surface area contributed by atoms with Crippen LogP contribution >= 0.6 is 0 Å². The Balaban J connectivity index is 1.26. The van der Waals surface area contributed by atoms with E-state index in [2.05, 4.69) is 35.0 Å². The number of hydrogen-bond donors (Lipinski definition) is 2. The predicted octanol–water partition coefficient (Wildman–Crippen LogP) is 2.04. The number of pyridine rings is 1. The van der Waals surface area contributed by atoms with Crippen LogP contribution in [0.3, 0.4) is 0 Å². The summed E-state index contributed by atoms with van der Waals surface area (Å²) in [4.78, 5) is 36.1. The Morgan fingerprint density at radius 1 is 0.927 bits per heavy atom. The fourth-order valence-electron chi connectivity index (χ4n) is 4.96. The van der Waals surface area contributed by atoms with Crippen LogP contribution < -0.4 is 10.0 Å². The average Bonchev–Trinajstić information content (AvgIpc) is 3.86. The molecule has 0 radical (unpaired) electrons. The predicted molar refractivity (Wildman–Crippen MR) is 151 cm³/mol. The number of anilines is 2. The first-order valence-corrected chi connectivity index (χ1v) is 16.8. The van der Waals surface area contributed by atoms with E-state index < -0.39 is 36.6 Å². The minimum absolute atomic E-state index is 0.0663. The van der Waals surface area contributed by atoms with Gasteiger partial charge in [0.2, 0.25) is 26.0 Å². The Kier molecular flexibility index (Phi) is 6.98. The Labute approximate surface area is 238 Å². The highest BCUT2D eigenvalue weighted by molar-refractivity contribution is 7.93. The maximum atomic E-state index is 13.9. The van der Waals surface area contributed by atoms with Crippen LogP contribution in [0.5, 0.6) is 0 Å². The van der Waals surface area contributed by atoms with Gasteiger partial charge >= 0.3 is 0 Å². The molecule has 216 valence electrons. The molecule has 0 unspecified atom stereocenters. The van der Waals surface area contributed by atoms with Crippen molar-refractivity contribution in [1.82, 2.24) is 29.2 Å². The zero-order valence-corrected chi connectivity index (χ0v) is 24.0. The van der Waals surface area contributed by atoms with E-state index in [1.54, 1.807) is 30.7 Å². The van der Waals surface area contributed by atoms with Crippen molar-refractivity contribution in [3.05, 3.63) is 54.5 Å². The van der Waals surface area contributed by atoms with Crippen molar-refractivity contribution in [3.8, 4) is 11.3 Å². The molecule has 2 aliphatic carbocycles. The molecule has 0 atom stereocenters. The maximum Gasteiger partial charge on any atom is 0.239 e. The van der Waals surface area contributed by atoms with Gasteiger partial charge in [-0.1, -0.05) is 0 Å². The molecule has 0 aromatic carbocycles. The molecule has 3 aliphatic rings. The van der Waals surface area contributed by atoms with Crippen LogP contribution in [-0.4, -0.2) is 76.6 Å². The summed E-state index contributed by atoms with van der Waals surface area (Å²) in [5.74, 6) is 0.479. The van der Waals surface area contributed by atoms with Gasteiger partial charge in [-0.3, -0.25) is 14.5 Å². The van der Waals surface area contributed by atoms with Crippen molar-refractivity contribution in [2.45, 2.75) is 55.1 Å². The minimum Gasteiger partial charge on any atom is -0.310 e. The summed E-state index contributed by atoms with van der Waals surface area (Å²) in [6, 6.07) is 4.90. The molecule has 6 rings (SSSR count). The lowest BCUT2D eigenvalue weighted by atomic mass is 9.77. The van der Waals surface area contributed by atoms with Crippen molar-refractivity contribution in [2.24, 2.45) is 0 Å². The molecule has 15 heteroatoms. The lowest BCUT2D eigenvalue weighted by molar-refractivity contribution is -0.123. The number of amides is 1. The second kappa shape index (κ2) is 10.4. The van der Waals surface area contributed by atoms with Crippen molar-refractivity contribution in [3.63, 3.8) is 0 Å². The van der Waals surface area contributed by atoms with Crippen LogP contribution in [0.15, 0.2) is 43.0 Å². The van der Waals surface area contributed by atoms with Gasteiger partial charge in [-0.25, -0.2) is 41.1 Å². The van der Waals surface area contributed by atoms with Crippen molar-refractivity contribution < 1.29 is 21.6 Å². The third-order valence-corrected chi connectivity index (χ3v) is 10.9. The fraction of sp³-hybridized carbons (Fsp3) is 0.462. The summed E-state index contributed by atoms with van der Waals surface area (Å²) < 4.78 is 53.2. The number of nitrogens with zero attached hydrogens (tertiary/aromatic N) is 6. The molecule has 0 spiro atoms. The summed E-state index contributed by atoms with van der Waals surface area (Å²) in [6.07, 6.45) is 11.2. The van der Waals surface area contributed by atoms with Gasteiger partial charge in [0.15, 0.2) is 0 Å². The van der Waals surface area contributed by atoms with E-state index in [-0.39, 0.29) is 37.6 Å². The number of piperidine rings is 1. The van der Waals surface area contributed by atoms with Crippen LogP contribution in [0.25, 0.3) is 11.3 Å². The molecule has 4 heterocycles. The first-order chi connectivity index (χ1) is 19.5. The molecule has 1 amide bonds. The summed E-state index contributed by atoms with van der Waals surface area (Å²) in [7, 11) is -7.05. The third kappa shape index (κ3) is 5.92. The van der Waals surface area contributed by atoms with Crippen LogP contribution in [0.1, 0.15) is 56.0 Å². The van der Waals surface area contributed by atoms with Gasteiger partial charge in [-0.2, -0.15) is 0 Å². The first-order valence-electron chi connectivity index (χ1n) is 13.4. The topological polar surface area (TPSA) is 177 Å². The van der Waals surface area contributed by atoms with Crippen LogP contribution in [0, 0.1) is 0 Å². The second-order valence-corrected chi connectivity index (χ2v) is 14.8. The van der Waals surface area contributed by atoms with Gasteiger partial charge in [-0.15, -0.1) is 0 Å². The summed E-state index contributed by atoms with van der Waals surface area (Å²) in [6.45, 7) is 0.159. The number of rotatable bonds is 9. The van der Waals surface area contributed by atoms with E-state index in [1.807, 2.05) is 0 Å². The Morgan fingerprint density at radius 3 is 2.32 bits per heavy atom. The van der Waals surface area contributed by atoms with E-state index in [0.29, 0.717) is 30.3 Å². The lowest BCUT2D eigenvalue weighted by Gasteiger charge is -2.38. The number of carbonyl (C=O) groups excluding carboxylic acids is 1. The van der Waals surface area contributed by atoms with E-state index in [4.69, 9.17) is 0 Å². The smallest absolute Gasteiger partial charge is 0.239 e. The molecule has 3 fully saturated rings. The minimum atomic E-state index is -3.58. The van der Waals surface area contributed by atoms with E-state index in [9.17, 15) is 21.6 Å². The maximum absolute atomic E-state index is 13.9. The highest BCUT2D eigenvalue weighted by atomic mass is 32.2. The zero-order chi connectivity index (χ0) is 28.8. The van der Waals surface area contributed by atoms with E-state index >= 15 is 0 Å². The normalized spacial score (nSPS) is 19.4. The highest BCUT2D eigenvalue weighted by Gasteiger charge is 2.47. The SMILES string of the molecule is CS(=O)(=O)N1CCC(C(=O)Nc2ccc(-c3cncc(C4CC4)n3)cn2)(c2nccc(NS(=O)(=O)C3CC3)n2)CC1. The molecule has 3 aromatic rings. The van der Waals surface area contributed by atoms with Gasteiger partial charge in [0.25, 0.3) is 0 Å². The van der Waals surface area contributed by atoms with Gasteiger partial charge < -0.3 is 5.32 Å². The third-order valence-electron chi connectivity index (χ3n) is 7.72. The van der Waals surface area contributed by atoms with Gasteiger partial charge in [0, 0.05) is 43.2 Å². The molecular weight excluding hydrogens is 568 g/mol. The molecule has 41 heavy (non-hydrogen) atoms. The molecule has 2 saturated carbocycles. The standard InChI is InChI=1S/C26H30N8O5S2/c1-40(36,37)34-12-9-26(10-13-34,24-28-11-8-23(31-24)33-41(38,39)19-5-6-19)25(35)32-22-7-4-18(14-29-22)21-16-27-15-20(30-21)17-2-3-17/h4,7-8,11,14-17,19H,2-3,5-6,9-10,12-13H2,1H3,(H,28,31,33)(H,29,32,35). The Bertz CT molecular complexity index is 1680. The molecule has 1 aliphatic heterocycles. The van der Waals surface area contributed by atoms with Crippen LogP contribution in [-0.2, 0) is 30.3 Å². The zero-order valence-electron chi connectivity index (χ0n) is 22.4. The van der Waals surface area contributed by atoms with Gasteiger partial charge in [-0.05, 0) is 56.7 Å².